The van der Waals surface area contributed by atoms with Gasteiger partial charge in [-0.3, -0.25) is 9.79 Å². The van der Waals surface area contributed by atoms with Crippen LogP contribution in [0.5, 0.6) is 11.6 Å². The number of aliphatic hydroxyl groups excluding tert-OH is 1. The van der Waals surface area contributed by atoms with E-state index < -0.39 is 5.56 Å². The summed E-state index contributed by atoms with van der Waals surface area (Å²) in [7, 11) is 1.47. The third-order valence-electron chi connectivity index (χ3n) is 3.93. The molecule has 0 amide bonds. The smallest absolute Gasteiger partial charge is 0.265 e. The predicted molar refractivity (Wildman–Crippen MR) is 102 cm³/mol. The van der Waals surface area contributed by atoms with E-state index in [4.69, 9.17) is 21.4 Å². The number of nitrogens with zero attached hydrogens (tertiary/aromatic N) is 2. The van der Waals surface area contributed by atoms with Crippen molar-refractivity contribution in [2.45, 2.75) is 0 Å². The zero-order valence-corrected chi connectivity index (χ0v) is 14.8. The number of halogens is 1. The minimum Gasteiger partial charge on any atom is -0.495 e. The number of methoxy groups -OCH3 is 1. The van der Waals surface area contributed by atoms with Crippen LogP contribution >= 0.6 is 11.6 Å². The molecule has 2 aromatic carbocycles. The third-order valence-corrected chi connectivity index (χ3v) is 4.17. The van der Waals surface area contributed by atoms with Gasteiger partial charge in [-0.05, 0) is 24.3 Å². The molecule has 0 unspecified atom stereocenters. The van der Waals surface area contributed by atoms with Gasteiger partial charge in [0.1, 0.15) is 5.75 Å². The summed E-state index contributed by atoms with van der Waals surface area (Å²) >= 11 is 6.08. The van der Waals surface area contributed by atoms with Gasteiger partial charge in [-0.1, -0.05) is 29.8 Å². The number of fused-ring (bicyclic) bond motifs is 1. The van der Waals surface area contributed by atoms with Crippen molar-refractivity contribution in [3.8, 4) is 17.3 Å². The van der Waals surface area contributed by atoms with Crippen LogP contribution in [0.4, 0.5) is 0 Å². The van der Waals surface area contributed by atoms with E-state index >= 15 is 0 Å². The molecule has 7 heteroatoms. The number of pyridine rings is 1. The highest BCUT2D eigenvalue weighted by Gasteiger charge is 2.19. The predicted octanol–water partition coefficient (Wildman–Crippen LogP) is 2.77. The first-order chi connectivity index (χ1) is 12.6. The lowest BCUT2D eigenvalue weighted by Crippen LogP contribution is -2.20. The molecule has 0 spiro atoms. The topological polar surface area (TPSA) is 84.1 Å². The van der Waals surface area contributed by atoms with Crippen LogP contribution in [0.1, 0.15) is 5.56 Å². The zero-order chi connectivity index (χ0) is 18.7. The highest BCUT2D eigenvalue weighted by atomic mass is 35.5. The SMILES string of the molecule is COc1ccc(Cl)cc1-n1c(O)c(C=NCCO)c2ccccc2c1=O. The Morgan fingerprint density at radius 2 is 1.96 bits per heavy atom. The first-order valence-electron chi connectivity index (χ1n) is 7.89. The summed E-state index contributed by atoms with van der Waals surface area (Å²) in [6.07, 6.45) is 1.45. The Morgan fingerprint density at radius 3 is 2.65 bits per heavy atom. The maximum absolute atomic E-state index is 13.0. The van der Waals surface area contributed by atoms with Gasteiger partial charge in [0, 0.05) is 22.0 Å². The summed E-state index contributed by atoms with van der Waals surface area (Å²) in [5, 5.41) is 21.2. The van der Waals surface area contributed by atoms with Crippen molar-refractivity contribution >= 4 is 28.6 Å². The van der Waals surface area contributed by atoms with Crippen LogP contribution in [0, 0.1) is 0 Å². The molecule has 6 nitrogen and oxygen atoms in total. The second-order valence-electron chi connectivity index (χ2n) is 5.50. The zero-order valence-electron chi connectivity index (χ0n) is 14.0. The highest BCUT2D eigenvalue weighted by molar-refractivity contribution is 6.30. The molecule has 1 heterocycles. The molecule has 3 rings (SSSR count). The maximum Gasteiger partial charge on any atom is 0.265 e. The molecule has 0 bridgehead atoms. The largest absolute Gasteiger partial charge is 0.495 e. The molecule has 26 heavy (non-hydrogen) atoms. The van der Waals surface area contributed by atoms with E-state index in [0.717, 1.165) is 4.57 Å². The lowest BCUT2D eigenvalue weighted by molar-refractivity contribution is 0.307. The fourth-order valence-corrected chi connectivity index (χ4v) is 2.93. The van der Waals surface area contributed by atoms with Crippen molar-refractivity contribution in [3.63, 3.8) is 0 Å². The first kappa shape index (κ1) is 18.0. The molecule has 0 aliphatic rings. The van der Waals surface area contributed by atoms with E-state index in [1.54, 1.807) is 42.5 Å². The number of aromatic hydroxyl groups is 1. The Labute approximate surface area is 154 Å². The van der Waals surface area contributed by atoms with Gasteiger partial charge in [-0.2, -0.15) is 0 Å². The fraction of sp³-hybridized carbons (Fsp3) is 0.158. The standard InChI is InChI=1S/C19H17ClN2O4/c1-26-17-7-6-12(20)10-16(17)22-18(24)14-5-3-2-4-13(14)15(19(22)25)11-21-8-9-23/h2-7,10-11,23,25H,8-9H2,1H3. The van der Waals surface area contributed by atoms with Crippen LogP contribution in [0.3, 0.4) is 0 Å². The number of aliphatic hydroxyl groups is 1. The van der Waals surface area contributed by atoms with Crippen LogP contribution in [-0.4, -0.2) is 41.3 Å². The molecule has 0 radical (unpaired) electrons. The second-order valence-corrected chi connectivity index (χ2v) is 5.93. The Morgan fingerprint density at radius 1 is 1.23 bits per heavy atom. The Bertz CT molecular complexity index is 1040. The van der Waals surface area contributed by atoms with Crippen molar-refractivity contribution in [1.82, 2.24) is 4.57 Å². The van der Waals surface area contributed by atoms with Gasteiger partial charge in [0.25, 0.3) is 5.56 Å². The molecule has 0 fully saturated rings. The average Bonchev–Trinajstić information content (AvgIpc) is 2.65. The Hall–Kier alpha value is -2.83. The first-order valence-corrected chi connectivity index (χ1v) is 8.27. The summed E-state index contributed by atoms with van der Waals surface area (Å²) in [5.74, 6) is 0.108. The number of ether oxygens (including phenoxy) is 1. The number of aromatic nitrogens is 1. The van der Waals surface area contributed by atoms with Crippen LogP contribution in [-0.2, 0) is 0 Å². The molecule has 0 atom stereocenters. The summed E-state index contributed by atoms with van der Waals surface area (Å²) in [6, 6.07) is 11.7. The number of hydrogen-bond donors (Lipinski definition) is 2. The molecule has 0 saturated carbocycles. The average molecular weight is 373 g/mol. The lowest BCUT2D eigenvalue weighted by atomic mass is 10.1. The van der Waals surface area contributed by atoms with E-state index in [2.05, 4.69) is 4.99 Å². The van der Waals surface area contributed by atoms with Crippen LogP contribution < -0.4 is 10.3 Å². The Balaban J connectivity index is 2.40. The van der Waals surface area contributed by atoms with Gasteiger partial charge < -0.3 is 14.9 Å². The molecule has 3 aromatic rings. The van der Waals surface area contributed by atoms with Crippen molar-refractivity contribution in [1.29, 1.82) is 0 Å². The van der Waals surface area contributed by atoms with Crippen molar-refractivity contribution in [2.24, 2.45) is 4.99 Å². The van der Waals surface area contributed by atoms with Gasteiger partial charge in [0.15, 0.2) is 0 Å². The van der Waals surface area contributed by atoms with Gasteiger partial charge >= 0.3 is 0 Å². The fourth-order valence-electron chi connectivity index (χ4n) is 2.76. The lowest BCUT2D eigenvalue weighted by Gasteiger charge is -2.16. The second kappa shape index (κ2) is 7.59. The van der Waals surface area contributed by atoms with E-state index in [1.165, 1.54) is 13.3 Å². The van der Waals surface area contributed by atoms with Crippen LogP contribution in [0.25, 0.3) is 16.5 Å². The summed E-state index contributed by atoms with van der Waals surface area (Å²) in [5.41, 5.74) is 0.290. The van der Waals surface area contributed by atoms with Crippen molar-refractivity contribution < 1.29 is 14.9 Å². The maximum atomic E-state index is 13.0. The van der Waals surface area contributed by atoms with Crippen molar-refractivity contribution in [3.05, 3.63) is 63.4 Å². The summed E-state index contributed by atoms with van der Waals surface area (Å²) < 4.78 is 6.47. The van der Waals surface area contributed by atoms with Gasteiger partial charge in [0.05, 0.1) is 31.5 Å². The molecule has 0 aliphatic heterocycles. The number of aliphatic imine (C=N–C) groups is 1. The van der Waals surface area contributed by atoms with E-state index in [0.29, 0.717) is 32.8 Å². The minimum atomic E-state index is -0.405. The van der Waals surface area contributed by atoms with Gasteiger partial charge in [0.2, 0.25) is 5.88 Å². The molecule has 134 valence electrons. The normalized spacial score (nSPS) is 11.3. The van der Waals surface area contributed by atoms with E-state index in [-0.39, 0.29) is 19.0 Å². The molecule has 0 aliphatic carbocycles. The van der Waals surface area contributed by atoms with Crippen LogP contribution in [0.15, 0.2) is 52.3 Å². The number of hydrogen-bond acceptors (Lipinski definition) is 5. The number of benzene rings is 2. The van der Waals surface area contributed by atoms with Crippen LogP contribution in [0.2, 0.25) is 5.02 Å². The molecule has 2 N–H and O–H groups in total. The van der Waals surface area contributed by atoms with E-state index in [9.17, 15) is 9.90 Å². The monoisotopic (exact) mass is 372 g/mol. The quantitative estimate of drug-likeness (QED) is 0.674. The summed E-state index contributed by atoms with van der Waals surface area (Å²) in [6.45, 7) is 0.0737. The number of rotatable bonds is 5. The molecule has 1 aromatic heterocycles. The van der Waals surface area contributed by atoms with Gasteiger partial charge in [-0.25, -0.2) is 4.57 Å². The van der Waals surface area contributed by atoms with Crippen molar-refractivity contribution in [2.75, 3.05) is 20.3 Å². The molecular weight excluding hydrogens is 356 g/mol. The third kappa shape index (κ3) is 3.16. The Kier molecular flexibility index (Phi) is 5.25. The molecule has 0 saturated heterocycles. The minimum absolute atomic E-state index is 0.114. The van der Waals surface area contributed by atoms with E-state index in [1.807, 2.05) is 0 Å². The van der Waals surface area contributed by atoms with Gasteiger partial charge in [-0.15, -0.1) is 0 Å². The summed E-state index contributed by atoms with van der Waals surface area (Å²) in [4.78, 5) is 17.1. The molecular formula is C19H17ClN2O4. The highest BCUT2D eigenvalue weighted by Crippen LogP contribution is 2.31.